The number of nitrogens with one attached hydrogen (secondary N) is 1. The molecule has 0 bridgehead atoms. The maximum atomic E-state index is 12.1. The third-order valence-electron chi connectivity index (χ3n) is 2.47. The smallest absolute Gasteiger partial charge is 0.258 e. The summed E-state index contributed by atoms with van der Waals surface area (Å²) >= 11 is 1.23. The predicted octanol–water partition coefficient (Wildman–Crippen LogP) is 1.34. The number of anilines is 2. The molecule has 1 aromatic heterocycles. The quantitative estimate of drug-likeness (QED) is 0.739. The zero-order chi connectivity index (χ0) is 14.4. The fourth-order valence-electron chi connectivity index (χ4n) is 1.55. The molecule has 0 radical (unpaired) electrons. The van der Waals surface area contributed by atoms with Crippen molar-refractivity contribution in [3.8, 4) is 0 Å². The van der Waals surface area contributed by atoms with Crippen LogP contribution in [0.3, 0.4) is 0 Å². The van der Waals surface area contributed by atoms with E-state index < -0.39 is 0 Å². The van der Waals surface area contributed by atoms with Crippen molar-refractivity contribution in [1.82, 2.24) is 9.69 Å². The Balaban J connectivity index is 2.81. The molecule has 0 aliphatic heterocycles. The molecule has 0 unspecified atom stereocenters. The summed E-state index contributed by atoms with van der Waals surface area (Å²) < 4.78 is 9.38. The average molecular weight is 286 g/mol. The van der Waals surface area contributed by atoms with Crippen LogP contribution in [0.2, 0.25) is 0 Å². The molecule has 1 heterocycles. The first-order chi connectivity index (χ1) is 8.97. The van der Waals surface area contributed by atoms with Gasteiger partial charge in [0.25, 0.3) is 5.91 Å². The molecular formula is C12H22N4O2S. The van der Waals surface area contributed by atoms with Gasteiger partial charge < -0.3 is 20.7 Å². The molecule has 0 aliphatic rings. The van der Waals surface area contributed by atoms with Crippen LogP contribution in [0.15, 0.2) is 0 Å². The van der Waals surface area contributed by atoms with E-state index in [2.05, 4.69) is 9.69 Å². The van der Waals surface area contributed by atoms with Crippen molar-refractivity contribution < 1.29 is 9.53 Å². The molecule has 0 fully saturated rings. The Morgan fingerprint density at radius 3 is 2.84 bits per heavy atom. The third-order valence-corrected chi connectivity index (χ3v) is 3.45. The number of nitrogen functional groups attached to an aromatic ring is 1. The molecule has 1 aromatic rings. The van der Waals surface area contributed by atoms with Crippen LogP contribution in [0, 0.1) is 0 Å². The van der Waals surface area contributed by atoms with Crippen molar-refractivity contribution >= 4 is 28.3 Å². The largest absolute Gasteiger partial charge is 0.382 e. The van der Waals surface area contributed by atoms with Gasteiger partial charge in [-0.3, -0.25) is 4.79 Å². The van der Waals surface area contributed by atoms with Gasteiger partial charge in [-0.05, 0) is 32.3 Å². The van der Waals surface area contributed by atoms with E-state index in [1.165, 1.54) is 11.5 Å². The molecule has 0 saturated carbocycles. The lowest BCUT2D eigenvalue weighted by Gasteiger charge is -2.18. The average Bonchev–Trinajstić information content (AvgIpc) is 2.70. The highest BCUT2D eigenvalue weighted by atomic mass is 32.1. The second kappa shape index (κ2) is 7.30. The maximum Gasteiger partial charge on any atom is 0.258 e. The number of nitrogens with two attached hydrogens (primary N) is 1. The van der Waals surface area contributed by atoms with E-state index in [4.69, 9.17) is 10.5 Å². The Labute approximate surface area is 118 Å². The highest BCUT2D eigenvalue weighted by Crippen LogP contribution is 2.29. The number of nitrogens with zero attached hydrogens (tertiary/aromatic N) is 2. The summed E-state index contributed by atoms with van der Waals surface area (Å²) in [5.41, 5.74) is 6.25. The van der Waals surface area contributed by atoms with Crippen LogP contribution >= 0.6 is 11.5 Å². The molecule has 0 spiro atoms. The highest BCUT2D eigenvalue weighted by molar-refractivity contribution is 7.11. The molecule has 7 heteroatoms. The van der Waals surface area contributed by atoms with Crippen LogP contribution in [0.5, 0.6) is 0 Å². The second-order valence-corrected chi connectivity index (χ2v) is 5.25. The van der Waals surface area contributed by atoms with Crippen LogP contribution in [0.4, 0.5) is 10.8 Å². The fourth-order valence-corrected chi connectivity index (χ4v) is 2.34. The van der Waals surface area contributed by atoms with Crippen molar-refractivity contribution in [3.63, 3.8) is 0 Å². The van der Waals surface area contributed by atoms with Gasteiger partial charge in [-0.2, -0.15) is 4.37 Å². The van der Waals surface area contributed by atoms with Gasteiger partial charge in [0.1, 0.15) is 10.6 Å². The number of amides is 1. The molecule has 0 aliphatic carbocycles. The first-order valence-electron chi connectivity index (χ1n) is 6.32. The van der Waals surface area contributed by atoms with Gasteiger partial charge in [0.2, 0.25) is 0 Å². The predicted molar refractivity (Wildman–Crippen MR) is 78.9 cm³/mol. The van der Waals surface area contributed by atoms with E-state index in [9.17, 15) is 4.79 Å². The number of carbonyl (C=O) groups is 1. The van der Waals surface area contributed by atoms with Crippen molar-refractivity contribution in [3.05, 3.63) is 5.56 Å². The SMILES string of the molecule is CCOCCN(C)c1snc(N)c1C(=O)NC(C)C. The summed E-state index contributed by atoms with van der Waals surface area (Å²) in [4.78, 5) is 14.1. The lowest BCUT2D eigenvalue weighted by atomic mass is 10.2. The second-order valence-electron chi connectivity index (χ2n) is 4.49. The van der Waals surface area contributed by atoms with Gasteiger partial charge in [0.15, 0.2) is 5.82 Å². The molecule has 1 rings (SSSR count). The Hall–Kier alpha value is -1.34. The molecule has 0 saturated heterocycles. The normalized spacial score (nSPS) is 10.8. The van der Waals surface area contributed by atoms with Crippen molar-refractivity contribution in [2.75, 3.05) is 37.4 Å². The van der Waals surface area contributed by atoms with Crippen LogP contribution < -0.4 is 16.0 Å². The first-order valence-corrected chi connectivity index (χ1v) is 7.09. The van der Waals surface area contributed by atoms with Crippen molar-refractivity contribution in [2.24, 2.45) is 0 Å². The van der Waals surface area contributed by atoms with Gasteiger partial charge in [-0.25, -0.2) is 0 Å². The summed E-state index contributed by atoms with van der Waals surface area (Å²) in [7, 11) is 1.90. The number of ether oxygens (including phenoxy) is 1. The monoisotopic (exact) mass is 286 g/mol. The van der Waals surface area contributed by atoms with E-state index in [1.54, 1.807) is 0 Å². The minimum Gasteiger partial charge on any atom is -0.382 e. The molecule has 19 heavy (non-hydrogen) atoms. The number of carbonyl (C=O) groups excluding carboxylic acids is 1. The van der Waals surface area contributed by atoms with Crippen LogP contribution in [0.25, 0.3) is 0 Å². The fraction of sp³-hybridized carbons (Fsp3) is 0.667. The Morgan fingerprint density at radius 2 is 2.26 bits per heavy atom. The summed E-state index contributed by atoms with van der Waals surface area (Å²) in [6.45, 7) is 7.75. The Bertz CT molecular complexity index is 420. The molecule has 108 valence electrons. The summed E-state index contributed by atoms with van der Waals surface area (Å²) in [5.74, 6) is 0.0981. The van der Waals surface area contributed by atoms with Crippen LogP contribution in [0.1, 0.15) is 31.1 Å². The van der Waals surface area contributed by atoms with E-state index in [-0.39, 0.29) is 17.8 Å². The zero-order valence-electron chi connectivity index (χ0n) is 11.9. The zero-order valence-corrected chi connectivity index (χ0v) is 12.7. The van der Waals surface area contributed by atoms with Crippen LogP contribution in [-0.2, 0) is 4.74 Å². The molecule has 1 amide bonds. The first kappa shape index (κ1) is 15.7. The van der Waals surface area contributed by atoms with Crippen LogP contribution in [-0.4, -0.2) is 43.1 Å². The number of hydrogen-bond donors (Lipinski definition) is 2. The molecular weight excluding hydrogens is 264 g/mol. The van der Waals surface area contributed by atoms with Gasteiger partial charge in [0.05, 0.1) is 6.61 Å². The van der Waals surface area contributed by atoms with Gasteiger partial charge in [-0.15, -0.1) is 0 Å². The molecule has 6 nitrogen and oxygen atoms in total. The highest BCUT2D eigenvalue weighted by Gasteiger charge is 2.22. The van der Waals surface area contributed by atoms with Crippen molar-refractivity contribution in [1.29, 1.82) is 0 Å². The molecule has 3 N–H and O–H groups in total. The third kappa shape index (κ3) is 4.36. The van der Waals surface area contributed by atoms with E-state index in [0.717, 1.165) is 5.00 Å². The van der Waals surface area contributed by atoms with Gasteiger partial charge in [0, 0.05) is 26.2 Å². The maximum absolute atomic E-state index is 12.1. The number of aromatic nitrogens is 1. The van der Waals surface area contributed by atoms with Crippen molar-refractivity contribution in [2.45, 2.75) is 26.8 Å². The number of likely N-dealkylation sites (N-methyl/N-ethyl adjacent to an activating group) is 1. The van der Waals surface area contributed by atoms with Gasteiger partial charge in [-0.1, -0.05) is 0 Å². The lowest BCUT2D eigenvalue weighted by Crippen LogP contribution is -2.32. The minimum atomic E-state index is -0.181. The molecule has 0 atom stereocenters. The van der Waals surface area contributed by atoms with E-state index in [0.29, 0.717) is 25.3 Å². The number of rotatable bonds is 7. The summed E-state index contributed by atoms with van der Waals surface area (Å²) in [6.07, 6.45) is 0. The topological polar surface area (TPSA) is 80.5 Å². The standard InChI is InChI=1S/C12H22N4O2S/c1-5-18-7-6-16(4)12-9(10(13)15-19-12)11(17)14-8(2)3/h8H,5-7H2,1-4H3,(H2,13,15)(H,14,17). The summed E-state index contributed by atoms with van der Waals surface area (Å²) in [6, 6.07) is 0.0633. The molecule has 0 aromatic carbocycles. The summed E-state index contributed by atoms with van der Waals surface area (Å²) in [5, 5.41) is 3.61. The lowest BCUT2D eigenvalue weighted by molar-refractivity contribution is 0.0944. The Kier molecular flexibility index (Phi) is 6.04. The Morgan fingerprint density at radius 1 is 1.58 bits per heavy atom. The van der Waals surface area contributed by atoms with E-state index >= 15 is 0 Å². The van der Waals surface area contributed by atoms with E-state index in [1.807, 2.05) is 32.7 Å². The minimum absolute atomic E-state index is 0.0633. The number of hydrogen-bond acceptors (Lipinski definition) is 6. The van der Waals surface area contributed by atoms with Gasteiger partial charge >= 0.3 is 0 Å².